The summed E-state index contributed by atoms with van der Waals surface area (Å²) < 4.78 is 5.32. The van der Waals surface area contributed by atoms with Crippen molar-refractivity contribution in [3.05, 3.63) is 59.7 Å². The van der Waals surface area contributed by atoms with Crippen molar-refractivity contribution in [3.63, 3.8) is 0 Å². The van der Waals surface area contributed by atoms with Gasteiger partial charge in [0.1, 0.15) is 0 Å². The van der Waals surface area contributed by atoms with Crippen molar-refractivity contribution in [2.45, 2.75) is 32.8 Å². The third-order valence-corrected chi connectivity index (χ3v) is 5.22. The first-order valence-corrected chi connectivity index (χ1v) is 10.1. The Kier molecular flexibility index (Phi) is 6.69. The number of benzene rings is 2. The fourth-order valence-corrected chi connectivity index (χ4v) is 3.46. The topological polar surface area (TPSA) is 119 Å². The van der Waals surface area contributed by atoms with Crippen LogP contribution in [0.25, 0.3) is 0 Å². The summed E-state index contributed by atoms with van der Waals surface area (Å²) in [7, 11) is 0. The van der Waals surface area contributed by atoms with Crippen molar-refractivity contribution >= 4 is 35.1 Å². The Bertz CT molecular complexity index is 1000. The Morgan fingerprint density at radius 2 is 1.84 bits per heavy atom. The number of rotatable bonds is 7. The smallest absolute Gasteiger partial charge is 0.312 e. The average molecular weight is 423 g/mol. The lowest BCUT2D eigenvalue weighted by Crippen LogP contribution is -2.33. The fraction of sp³-hybridized carbons (Fsp3) is 0.304. The highest BCUT2D eigenvalue weighted by atomic mass is 16.5. The minimum absolute atomic E-state index is 0.0415. The molecule has 2 atom stereocenters. The predicted molar refractivity (Wildman–Crippen MR) is 115 cm³/mol. The van der Waals surface area contributed by atoms with Crippen LogP contribution in [-0.2, 0) is 25.5 Å². The number of carbonyl (C=O) groups is 4. The summed E-state index contributed by atoms with van der Waals surface area (Å²) in [6, 6.07) is 13.6. The Hall–Kier alpha value is -3.68. The second-order valence-corrected chi connectivity index (χ2v) is 7.40. The van der Waals surface area contributed by atoms with Crippen LogP contribution in [0.15, 0.2) is 48.5 Å². The van der Waals surface area contributed by atoms with Crippen molar-refractivity contribution in [2.75, 3.05) is 16.8 Å². The van der Waals surface area contributed by atoms with E-state index in [0.717, 1.165) is 17.7 Å². The number of aryl methyl sites for hydroxylation is 1. The molecule has 31 heavy (non-hydrogen) atoms. The second kappa shape index (κ2) is 9.42. The molecule has 1 aliphatic rings. The molecule has 0 saturated carbocycles. The van der Waals surface area contributed by atoms with Crippen molar-refractivity contribution in [3.8, 4) is 0 Å². The van der Waals surface area contributed by atoms with Crippen molar-refractivity contribution in [1.29, 1.82) is 0 Å². The summed E-state index contributed by atoms with van der Waals surface area (Å²) in [5.41, 5.74) is 7.78. The zero-order valence-electron chi connectivity index (χ0n) is 17.5. The number of hydrogen-bond donors (Lipinski definition) is 2. The molecule has 2 aromatic carbocycles. The molecular formula is C23H25N3O5. The maximum Gasteiger partial charge on any atom is 0.312 e. The van der Waals surface area contributed by atoms with E-state index in [-0.39, 0.29) is 18.9 Å². The minimum atomic E-state index is -1.05. The van der Waals surface area contributed by atoms with Crippen LogP contribution in [0.1, 0.15) is 36.2 Å². The third-order valence-electron chi connectivity index (χ3n) is 5.22. The van der Waals surface area contributed by atoms with E-state index in [9.17, 15) is 19.2 Å². The predicted octanol–water partition coefficient (Wildman–Crippen LogP) is 2.27. The molecule has 3 rings (SSSR count). The minimum Gasteiger partial charge on any atom is -0.452 e. The highest BCUT2D eigenvalue weighted by Gasteiger charge is 2.37. The average Bonchev–Trinajstić information content (AvgIpc) is 3.15. The molecule has 2 aromatic rings. The zero-order chi connectivity index (χ0) is 22.5. The van der Waals surface area contributed by atoms with Gasteiger partial charge in [-0.25, -0.2) is 0 Å². The van der Waals surface area contributed by atoms with Gasteiger partial charge in [0.05, 0.1) is 5.92 Å². The van der Waals surface area contributed by atoms with Gasteiger partial charge >= 0.3 is 5.97 Å². The normalized spacial score (nSPS) is 16.6. The van der Waals surface area contributed by atoms with Crippen LogP contribution in [0.2, 0.25) is 0 Å². The summed E-state index contributed by atoms with van der Waals surface area (Å²) in [5, 5.41) is 2.62. The molecular weight excluding hydrogens is 398 g/mol. The van der Waals surface area contributed by atoms with Crippen LogP contribution in [-0.4, -0.2) is 36.3 Å². The van der Waals surface area contributed by atoms with Gasteiger partial charge in [-0.05, 0) is 49.2 Å². The van der Waals surface area contributed by atoms with E-state index in [0.29, 0.717) is 11.3 Å². The quantitative estimate of drug-likeness (QED) is 0.662. The van der Waals surface area contributed by atoms with E-state index in [2.05, 4.69) is 5.32 Å². The SMILES string of the molecule is CCc1ccccc1N1C[C@H](C(=O)O[C@@H](C)C(=O)Nc2ccc(C(N)=O)cc2)CC1=O. The summed E-state index contributed by atoms with van der Waals surface area (Å²) in [6.45, 7) is 3.69. The van der Waals surface area contributed by atoms with Gasteiger partial charge in [-0.3, -0.25) is 19.2 Å². The molecule has 0 radical (unpaired) electrons. The third kappa shape index (κ3) is 5.09. The summed E-state index contributed by atoms with van der Waals surface area (Å²) in [5.74, 6) is -2.45. The van der Waals surface area contributed by atoms with E-state index in [1.54, 1.807) is 4.90 Å². The number of para-hydroxylation sites is 1. The standard InChI is InChI=1S/C23H25N3O5/c1-3-15-6-4-5-7-19(15)26-13-17(12-20(26)27)23(30)31-14(2)22(29)25-18-10-8-16(9-11-18)21(24)28/h4-11,14,17H,3,12-13H2,1-2H3,(H2,24,28)(H,25,29)/t14-,17+/m0/s1. The lowest BCUT2D eigenvalue weighted by atomic mass is 10.1. The largest absolute Gasteiger partial charge is 0.452 e. The van der Waals surface area contributed by atoms with E-state index < -0.39 is 29.8 Å². The van der Waals surface area contributed by atoms with Crippen LogP contribution in [0.4, 0.5) is 11.4 Å². The molecule has 1 saturated heterocycles. The van der Waals surface area contributed by atoms with Gasteiger partial charge in [-0.1, -0.05) is 25.1 Å². The number of primary amides is 1. The van der Waals surface area contributed by atoms with Crippen LogP contribution >= 0.6 is 0 Å². The molecule has 1 fully saturated rings. The van der Waals surface area contributed by atoms with Crippen molar-refractivity contribution in [1.82, 2.24) is 0 Å². The molecule has 3 N–H and O–H groups in total. The first kappa shape index (κ1) is 22.0. The molecule has 1 aliphatic heterocycles. The summed E-state index contributed by atoms with van der Waals surface area (Å²) >= 11 is 0. The Labute approximate surface area is 180 Å². The monoisotopic (exact) mass is 423 g/mol. The molecule has 1 heterocycles. The Balaban J connectivity index is 1.58. The Morgan fingerprint density at radius 3 is 2.48 bits per heavy atom. The molecule has 0 bridgehead atoms. The van der Waals surface area contributed by atoms with E-state index >= 15 is 0 Å². The highest BCUT2D eigenvalue weighted by molar-refractivity contribution is 6.01. The van der Waals surface area contributed by atoms with Gasteiger partial charge in [0.25, 0.3) is 5.91 Å². The van der Waals surface area contributed by atoms with E-state index in [1.165, 1.54) is 31.2 Å². The number of anilines is 2. The molecule has 8 nitrogen and oxygen atoms in total. The van der Waals surface area contributed by atoms with Gasteiger partial charge in [-0.15, -0.1) is 0 Å². The molecule has 8 heteroatoms. The van der Waals surface area contributed by atoms with Gasteiger partial charge in [0, 0.05) is 29.9 Å². The Morgan fingerprint density at radius 1 is 1.16 bits per heavy atom. The maximum absolute atomic E-state index is 12.6. The number of carbonyl (C=O) groups excluding carboxylic acids is 4. The first-order chi connectivity index (χ1) is 14.8. The second-order valence-electron chi connectivity index (χ2n) is 7.40. The number of nitrogens with zero attached hydrogens (tertiary/aromatic N) is 1. The number of esters is 1. The number of nitrogens with one attached hydrogen (secondary N) is 1. The van der Waals surface area contributed by atoms with Crippen molar-refractivity contribution < 1.29 is 23.9 Å². The molecule has 162 valence electrons. The molecule has 0 aliphatic carbocycles. The van der Waals surface area contributed by atoms with Crippen LogP contribution in [0.5, 0.6) is 0 Å². The van der Waals surface area contributed by atoms with E-state index in [4.69, 9.17) is 10.5 Å². The van der Waals surface area contributed by atoms with Gasteiger partial charge in [-0.2, -0.15) is 0 Å². The molecule has 3 amide bonds. The summed E-state index contributed by atoms with van der Waals surface area (Å²) in [6.07, 6.45) is -0.234. The first-order valence-electron chi connectivity index (χ1n) is 10.1. The number of ether oxygens (including phenoxy) is 1. The zero-order valence-corrected chi connectivity index (χ0v) is 17.5. The highest BCUT2D eigenvalue weighted by Crippen LogP contribution is 2.29. The van der Waals surface area contributed by atoms with Gasteiger partial charge in [0.2, 0.25) is 11.8 Å². The molecule has 0 aromatic heterocycles. The molecule has 0 spiro atoms. The van der Waals surface area contributed by atoms with Crippen LogP contribution in [0, 0.1) is 5.92 Å². The lowest BCUT2D eigenvalue weighted by Gasteiger charge is -2.20. The van der Waals surface area contributed by atoms with Gasteiger partial charge in [0.15, 0.2) is 6.10 Å². The molecule has 0 unspecified atom stereocenters. The number of amides is 3. The fourth-order valence-electron chi connectivity index (χ4n) is 3.46. The van der Waals surface area contributed by atoms with Crippen LogP contribution < -0.4 is 16.0 Å². The maximum atomic E-state index is 12.6. The summed E-state index contributed by atoms with van der Waals surface area (Å²) in [4.78, 5) is 50.2. The van der Waals surface area contributed by atoms with Crippen LogP contribution in [0.3, 0.4) is 0 Å². The van der Waals surface area contributed by atoms with Gasteiger partial charge < -0.3 is 20.7 Å². The van der Waals surface area contributed by atoms with E-state index in [1.807, 2.05) is 31.2 Å². The number of nitrogens with two attached hydrogens (primary N) is 1. The number of hydrogen-bond acceptors (Lipinski definition) is 5. The van der Waals surface area contributed by atoms with Crippen molar-refractivity contribution in [2.24, 2.45) is 11.7 Å². The lowest BCUT2D eigenvalue weighted by molar-refractivity contribution is -0.157.